The molecular weight excluding hydrogens is 567 g/mol. The molecule has 0 radical (unpaired) electrons. The van der Waals surface area contributed by atoms with E-state index in [0.717, 1.165) is 22.2 Å². The molecule has 1 saturated heterocycles. The van der Waals surface area contributed by atoms with Crippen molar-refractivity contribution < 1.29 is 9.59 Å². The summed E-state index contributed by atoms with van der Waals surface area (Å²) in [6, 6.07) is 12.6. The van der Waals surface area contributed by atoms with Gasteiger partial charge >= 0.3 is 11.7 Å². The molecule has 3 aromatic rings. The number of piperidine rings is 1. The highest BCUT2D eigenvalue weighted by Crippen LogP contribution is 2.31. The number of hydrogen-bond donors (Lipinski definition) is 2. The first kappa shape index (κ1) is 28.9. The average Bonchev–Trinajstić information content (AvgIpc) is 3.14. The molecule has 3 heterocycles. The van der Waals surface area contributed by atoms with E-state index in [2.05, 4.69) is 10.6 Å². The van der Waals surface area contributed by atoms with Crippen molar-refractivity contribution in [2.75, 3.05) is 38.5 Å². The van der Waals surface area contributed by atoms with Gasteiger partial charge < -0.3 is 20.4 Å². The molecule has 216 valence electrons. The third kappa shape index (κ3) is 6.05. The summed E-state index contributed by atoms with van der Waals surface area (Å²) in [5.74, 6) is -0.236. The SMILES string of the molecule is CNCCn1c(=O)c(-c2cccc(Cl)c2Cl)cn(CC(=O)N2CCC(N3CCc4ccccc4NC3=O)CC2)c1=O. The van der Waals surface area contributed by atoms with Crippen LogP contribution in [0.15, 0.2) is 58.3 Å². The number of likely N-dealkylation sites (N-methyl/N-ethyl adjacent to an activating group) is 1. The van der Waals surface area contributed by atoms with E-state index in [1.807, 2.05) is 29.2 Å². The molecule has 5 rings (SSSR count). The summed E-state index contributed by atoms with van der Waals surface area (Å²) in [6.07, 6.45) is 3.42. The first-order chi connectivity index (χ1) is 19.8. The number of rotatable bonds is 7. The predicted molar refractivity (Wildman–Crippen MR) is 160 cm³/mol. The number of para-hydroxylation sites is 1. The second-order valence-corrected chi connectivity index (χ2v) is 11.0. The molecule has 2 aliphatic rings. The molecule has 1 fully saturated rings. The maximum atomic E-state index is 13.4. The normalized spacial score (nSPS) is 15.8. The summed E-state index contributed by atoms with van der Waals surface area (Å²) in [7, 11) is 1.72. The molecule has 1 aromatic heterocycles. The minimum Gasteiger partial charge on any atom is -0.341 e. The van der Waals surface area contributed by atoms with Crippen molar-refractivity contribution >= 4 is 40.8 Å². The van der Waals surface area contributed by atoms with Crippen LogP contribution in [0.5, 0.6) is 0 Å². The van der Waals surface area contributed by atoms with Crippen LogP contribution in [-0.2, 0) is 24.3 Å². The molecule has 12 heteroatoms. The van der Waals surface area contributed by atoms with Crippen LogP contribution in [0, 0.1) is 0 Å². The van der Waals surface area contributed by atoms with Crippen LogP contribution >= 0.6 is 23.2 Å². The van der Waals surface area contributed by atoms with Gasteiger partial charge in [0.05, 0.1) is 15.6 Å². The fourth-order valence-electron chi connectivity index (χ4n) is 5.49. The zero-order valence-corrected chi connectivity index (χ0v) is 24.2. The van der Waals surface area contributed by atoms with E-state index >= 15 is 0 Å². The zero-order valence-electron chi connectivity index (χ0n) is 22.7. The fourth-order valence-corrected chi connectivity index (χ4v) is 5.90. The Hall–Kier alpha value is -3.60. The predicted octanol–water partition coefficient (Wildman–Crippen LogP) is 3.28. The molecule has 3 amide bonds. The number of aromatic nitrogens is 2. The van der Waals surface area contributed by atoms with Crippen molar-refractivity contribution in [1.29, 1.82) is 0 Å². The van der Waals surface area contributed by atoms with Crippen molar-refractivity contribution in [2.24, 2.45) is 0 Å². The second-order valence-electron chi connectivity index (χ2n) is 10.3. The van der Waals surface area contributed by atoms with Gasteiger partial charge in [0.2, 0.25) is 5.91 Å². The monoisotopic (exact) mass is 598 g/mol. The Morgan fingerprint density at radius 1 is 1.00 bits per heavy atom. The van der Waals surface area contributed by atoms with Gasteiger partial charge in [-0.2, -0.15) is 0 Å². The lowest BCUT2D eigenvalue weighted by Gasteiger charge is -2.38. The lowest BCUT2D eigenvalue weighted by atomic mass is 10.0. The van der Waals surface area contributed by atoms with Gasteiger partial charge in [0, 0.05) is 56.2 Å². The van der Waals surface area contributed by atoms with Crippen LogP contribution < -0.4 is 21.9 Å². The summed E-state index contributed by atoms with van der Waals surface area (Å²) in [5, 5.41) is 6.44. The average molecular weight is 600 g/mol. The molecule has 0 saturated carbocycles. The number of nitrogens with zero attached hydrogens (tertiary/aromatic N) is 4. The number of anilines is 1. The lowest BCUT2D eigenvalue weighted by Crippen LogP contribution is -2.51. The zero-order chi connectivity index (χ0) is 29.1. The van der Waals surface area contributed by atoms with E-state index in [4.69, 9.17) is 23.2 Å². The molecule has 2 aliphatic heterocycles. The maximum absolute atomic E-state index is 13.4. The van der Waals surface area contributed by atoms with E-state index in [9.17, 15) is 19.2 Å². The minimum atomic E-state index is -0.573. The molecule has 0 unspecified atom stereocenters. The number of halogens is 2. The first-order valence-electron chi connectivity index (χ1n) is 13.6. The number of fused-ring (bicyclic) bond motifs is 1. The van der Waals surface area contributed by atoms with Crippen LogP contribution in [0.4, 0.5) is 10.5 Å². The smallest absolute Gasteiger partial charge is 0.331 e. The van der Waals surface area contributed by atoms with Gasteiger partial charge in [-0.15, -0.1) is 0 Å². The van der Waals surface area contributed by atoms with Crippen molar-refractivity contribution in [3.05, 3.63) is 85.1 Å². The molecule has 0 bridgehead atoms. The number of nitrogens with one attached hydrogen (secondary N) is 2. The largest absolute Gasteiger partial charge is 0.341 e. The van der Waals surface area contributed by atoms with Gasteiger partial charge in [-0.25, -0.2) is 9.59 Å². The number of benzene rings is 2. The van der Waals surface area contributed by atoms with E-state index in [-0.39, 0.29) is 46.7 Å². The van der Waals surface area contributed by atoms with E-state index in [1.54, 1.807) is 30.1 Å². The Balaban J connectivity index is 1.32. The quantitative estimate of drug-likeness (QED) is 0.434. The van der Waals surface area contributed by atoms with Gasteiger partial charge in [-0.1, -0.05) is 53.5 Å². The highest BCUT2D eigenvalue weighted by Gasteiger charge is 2.31. The number of likely N-dealkylation sites (tertiary alicyclic amines) is 1. The third-order valence-corrected chi connectivity index (χ3v) is 8.59. The molecule has 10 nitrogen and oxygen atoms in total. The van der Waals surface area contributed by atoms with Gasteiger partial charge in [-0.05, 0) is 44.0 Å². The number of carbonyl (C=O) groups excluding carboxylic acids is 2. The van der Waals surface area contributed by atoms with Gasteiger partial charge in [0.1, 0.15) is 6.54 Å². The number of hydrogen-bond acceptors (Lipinski definition) is 5. The Morgan fingerprint density at radius 2 is 1.76 bits per heavy atom. The van der Waals surface area contributed by atoms with Crippen LogP contribution in [-0.4, -0.2) is 70.1 Å². The Morgan fingerprint density at radius 3 is 2.51 bits per heavy atom. The molecule has 0 atom stereocenters. The molecule has 0 aliphatic carbocycles. The topological polar surface area (TPSA) is 109 Å². The molecule has 0 spiro atoms. The Bertz CT molecular complexity index is 1580. The van der Waals surface area contributed by atoms with Crippen molar-refractivity contribution in [2.45, 2.75) is 38.4 Å². The van der Waals surface area contributed by atoms with Crippen LogP contribution in [0.2, 0.25) is 10.0 Å². The van der Waals surface area contributed by atoms with Crippen LogP contribution in [0.25, 0.3) is 11.1 Å². The lowest BCUT2D eigenvalue weighted by molar-refractivity contribution is -0.133. The third-order valence-electron chi connectivity index (χ3n) is 7.77. The molecular formula is C29H32Cl2N6O4. The summed E-state index contributed by atoms with van der Waals surface area (Å²) < 4.78 is 2.37. The standard InChI is InChI=1S/C29H32Cl2N6O4/c1-32-12-16-37-27(39)22(21-6-4-7-23(30)26(21)31)17-35(29(37)41)18-25(38)34-13-10-20(11-14-34)36-15-9-19-5-2-3-8-24(19)33-28(36)40/h2-8,17,20,32H,9-16,18H2,1H3,(H,33,40). The van der Waals surface area contributed by atoms with E-state index < -0.39 is 11.2 Å². The summed E-state index contributed by atoms with van der Waals surface area (Å²) >= 11 is 12.6. The van der Waals surface area contributed by atoms with Gasteiger partial charge in [0.25, 0.3) is 5.56 Å². The molecule has 2 aromatic carbocycles. The van der Waals surface area contributed by atoms with E-state index in [0.29, 0.717) is 44.6 Å². The fraction of sp³-hybridized carbons (Fsp3) is 0.379. The minimum absolute atomic E-state index is 0.0103. The first-order valence-corrected chi connectivity index (χ1v) is 14.4. The highest BCUT2D eigenvalue weighted by atomic mass is 35.5. The number of urea groups is 1. The summed E-state index contributed by atoms with van der Waals surface area (Å²) in [4.78, 5) is 56.5. The van der Waals surface area contributed by atoms with Gasteiger partial charge in [-0.3, -0.25) is 18.7 Å². The Labute approximate surface area is 247 Å². The number of amides is 3. The number of carbonyl (C=O) groups is 2. The summed E-state index contributed by atoms with van der Waals surface area (Å²) in [5.41, 5.74) is 1.45. The summed E-state index contributed by atoms with van der Waals surface area (Å²) in [6.45, 7) is 1.82. The maximum Gasteiger partial charge on any atom is 0.331 e. The Kier molecular flexibility index (Phi) is 8.82. The van der Waals surface area contributed by atoms with Crippen molar-refractivity contribution in [1.82, 2.24) is 24.3 Å². The highest BCUT2D eigenvalue weighted by molar-refractivity contribution is 6.43. The van der Waals surface area contributed by atoms with Gasteiger partial charge in [0.15, 0.2) is 0 Å². The second kappa shape index (κ2) is 12.5. The molecule has 2 N–H and O–H groups in total. The molecule has 41 heavy (non-hydrogen) atoms. The van der Waals surface area contributed by atoms with Crippen molar-refractivity contribution in [3.63, 3.8) is 0 Å². The van der Waals surface area contributed by atoms with Crippen LogP contribution in [0.3, 0.4) is 0 Å². The van der Waals surface area contributed by atoms with Crippen LogP contribution in [0.1, 0.15) is 18.4 Å². The van der Waals surface area contributed by atoms with Crippen molar-refractivity contribution in [3.8, 4) is 11.1 Å². The van der Waals surface area contributed by atoms with E-state index in [1.165, 1.54) is 10.8 Å².